The second-order valence-corrected chi connectivity index (χ2v) is 5.69. The van der Waals surface area contributed by atoms with Crippen molar-refractivity contribution in [2.45, 2.75) is 20.1 Å². The van der Waals surface area contributed by atoms with Crippen LogP contribution < -0.4 is 10.1 Å². The van der Waals surface area contributed by atoms with E-state index in [1.165, 1.54) is 11.6 Å². The highest BCUT2D eigenvalue weighted by Crippen LogP contribution is 2.28. The monoisotopic (exact) mass is 411 g/mol. The fraction of sp³-hybridized carbons (Fsp3) is 0.188. The first-order valence-electron chi connectivity index (χ1n) is 7.92. The summed E-state index contributed by atoms with van der Waals surface area (Å²) in [6.45, 7) is -1.79. The third kappa shape index (κ3) is 4.51. The smallest absolute Gasteiger partial charge is 0.387 e. The Balaban J connectivity index is 1.85. The van der Waals surface area contributed by atoms with Crippen LogP contribution in [-0.4, -0.2) is 32.4 Å². The zero-order chi connectivity index (χ0) is 21.1. The number of aryl methyl sites for hydroxylation is 1. The second-order valence-electron chi connectivity index (χ2n) is 5.69. The lowest BCUT2D eigenvalue weighted by atomic mass is 10.1. The van der Waals surface area contributed by atoms with Gasteiger partial charge in [-0.3, -0.25) is 19.6 Å². The van der Waals surface area contributed by atoms with Crippen LogP contribution in [0, 0.1) is 22.9 Å². The van der Waals surface area contributed by atoms with E-state index in [1.54, 1.807) is 0 Å². The molecule has 1 aromatic carbocycles. The number of nitrogens with one attached hydrogen (secondary N) is 1. The van der Waals surface area contributed by atoms with E-state index in [4.69, 9.17) is 4.52 Å². The van der Waals surface area contributed by atoms with E-state index in [2.05, 4.69) is 20.3 Å². The first-order chi connectivity index (χ1) is 13.7. The van der Waals surface area contributed by atoms with Crippen molar-refractivity contribution in [1.82, 2.24) is 14.9 Å². The quantitative estimate of drug-likeness (QED) is 0.468. The predicted octanol–water partition coefficient (Wildman–Crippen LogP) is 3.13. The van der Waals surface area contributed by atoms with Gasteiger partial charge < -0.3 is 14.6 Å². The Morgan fingerprint density at radius 1 is 1.45 bits per heavy atom. The molecule has 0 aliphatic rings. The topological polar surface area (TPSA) is 125 Å². The molecule has 0 saturated carbocycles. The van der Waals surface area contributed by atoms with Gasteiger partial charge in [0.2, 0.25) is 0 Å². The van der Waals surface area contributed by atoms with Gasteiger partial charge in [0.1, 0.15) is 24.0 Å². The van der Waals surface area contributed by atoms with Gasteiger partial charge in [-0.25, -0.2) is 4.39 Å². The van der Waals surface area contributed by atoms with Crippen molar-refractivity contribution < 1.29 is 32.1 Å². The normalized spacial score (nSPS) is 10.9. The number of rotatable bonds is 7. The third-order valence-corrected chi connectivity index (χ3v) is 3.76. The number of ether oxygens (including phenoxy) is 1. The minimum absolute atomic E-state index is 0.0737. The van der Waals surface area contributed by atoms with Crippen LogP contribution in [-0.2, 0) is 6.54 Å². The summed E-state index contributed by atoms with van der Waals surface area (Å²) in [5, 5.41) is 20.5. The molecule has 1 N–H and O–H groups in total. The van der Waals surface area contributed by atoms with Crippen molar-refractivity contribution in [2.75, 3.05) is 5.32 Å². The van der Waals surface area contributed by atoms with Crippen molar-refractivity contribution in [3.8, 4) is 5.75 Å². The summed E-state index contributed by atoms with van der Waals surface area (Å²) in [7, 11) is 0. The van der Waals surface area contributed by atoms with E-state index in [9.17, 15) is 28.1 Å². The van der Waals surface area contributed by atoms with Crippen LogP contribution in [0.1, 0.15) is 21.8 Å². The van der Waals surface area contributed by atoms with Crippen molar-refractivity contribution in [3.63, 3.8) is 0 Å². The average Bonchev–Trinajstić information content (AvgIpc) is 3.25. The molecule has 3 rings (SSSR count). The maximum atomic E-state index is 13.3. The summed E-state index contributed by atoms with van der Waals surface area (Å²) in [4.78, 5) is 22.7. The highest BCUT2D eigenvalue weighted by molar-refractivity contribution is 6.04. The Morgan fingerprint density at radius 3 is 2.86 bits per heavy atom. The van der Waals surface area contributed by atoms with Crippen LogP contribution in [0.25, 0.3) is 0 Å². The van der Waals surface area contributed by atoms with Crippen LogP contribution >= 0.6 is 0 Å². The molecule has 0 spiro atoms. The Morgan fingerprint density at radius 2 is 2.21 bits per heavy atom. The summed E-state index contributed by atoms with van der Waals surface area (Å²) in [5.41, 5.74) is -0.393. The molecular formula is C16H12F3N5O5. The molecule has 29 heavy (non-hydrogen) atoms. The molecule has 0 atom stereocenters. The second kappa shape index (κ2) is 8.00. The number of carbonyl (C=O) groups excluding carboxylic acids is 1. The molecule has 0 unspecified atom stereocenters. The molecule has 10 nitrogen and oxygen atoms in total. The predicted molar refractivity (Wildman–Crippen MR) is 90.2 cm³/mol. The highest BCUT2D eigenvalue weighted by Gasteiger charge is 2.23. The molecule has 152 valence electrons. The maximum absolute atomic E-state index is 13.3. The lowest BCUT2D eigenvalue weighted by molar-refractivity contribution is -0.385. The molecule has 0 saturated heterocycles. The van der Waals surface area contributed by atoms with Crippen LogP contribution in [0.2, 0.25) is 0 Å². The van der Waals surface area contributed by atoms with Gasteiger partial charge in [0.05, 0.1) is 17.2 Å². The third-order valence-electron chi connectivity index (χ3n) is 3.76. The van der Waals surface area contributed by atoms with Gasteiger partial charge >= 0.3 is 12.3 Å². The summed E-state index contributed by atoms with van der Waals surface area (Å²) >= 11 is 0. The van der Waals surface area contributed by atoms with Crippen LogP contribution in [0.4, 0.5) is 24.5 Å². The first-order valence-corrected chi connectivity index (χ1v) is 7.92. The minimum atomic E-state index is -3.23. The van der Waals surface area contributed by atoms with Crippen LogP contribution in [0.15, 0.2) is 35.1 Å². The Bertz CT molecular complexity index is 1070. The number of amides is 1. The van der Waals surface area contributed by atoms with E-state index in [-0.39, 0.29) is 34.9 Å². The molecule has 3 aromatic rings. The highest BCUT2D eigenvalue weighted by atomic mass is 19.3. The standard InChI is InChI=1S/C16H12F3N5O5/c1-8-11(7-23-6-10(5-20-23)24(26)27)14(22-29-8)15(25)21-12-3-2-9(17)4-13(12)28-16(18)19/h2-6,16H,7H2,1H3,(H,21,25). The van der Waals surface area contributed by atoms with Gasteiger partial charge in [-0.05, 0) is 19.1 Å². The number of hydrogen-bond donors (Lipinski definition) is 1. The minimum Gasteiger partial charge on any atom is -0.432 e. The zero-order valence-corrected chi connectivity index (χ0v) is 14.6. The van der Waals surface area contributed by atoms with Crippen LogP contribution in [0.5, 0.6) is 5.75 Å². The summed E-state index contributed by atoms with van der Waals surface area (Å²) in [6, 6.07) is 2.69. The molecule has 2 aromatic heterocycles. The Kier molecular flexibility index (Phi) is 5.47. The van der Waals surface area contributed by atoms with Crippen LogP contribution in [0.3, 0.4) is 0 Å². The van der Waals surface area contributed by atoms with Crippen molar-refractivity contribution in [2.24, 2.45) is 0 Å². The number of nitrogens with zero attached hydrogens (tertiary/aromatic N) is 4. The van der Waals surface area contributed by atoms with Gasteiger partial charge in [0, 0.05) is 11.6 Å². The lowest BCUT2D eigenvalue weighted by Crippen LogP contribution is -2.17. The van der Waals surface area contributed by atoms with Gasteiger partial charge in [-0.2, -0.15) is 13.9 Å². The SMILES string of the molecule is Cc1onc(C(=O)Nc2ccc(F)cc2OC(F)F)c1Cn1cc([N+](=O)[O-])cn1. The van der Waals surface area contributed by atoms with E-state index in [1.807, 2.05) is 0 Å². The number of carbonyl (C=O) groups is 1. The number of aromatic nitrogens is 3. The van der Waals surface area contributed by atoms with E-state index in [0.29, 0.717) is 6.07 Å². The summed E-state index contributed by atoms with van der Waals surface area (Å²) < 4.78 is 48.8. The molecule has 1 amide bonds. The summed E-state index contributed by atoms with van der Waals surface area (Å²) in [6.07, 6.45) is 2.19. The van der Waals surface area contributed by atoms with Gasteiger partial charge in [-0.1, -0.05) is 5.16 Å². The number of nitro groups is 1. The zero-order valence-electron chi connectivity index (χ0n) is 14.6. The number of anilines is 1. The van der Waals surface area contributed by atoms with Crippen molar-refractivity contribution in [1.29, 1.82) is 0 Å². The van der Waals surface area contributed by atoms with E-state index < -0.39 is 29.0 Å². The summed E-state index contributed by atoms with van der Waals surface area (Å²) in [5.74, 6) is -2.00. The van der Waals surface area contributed by atoms with Crippen molar-refractivity contribution >= 4 is 17.3 Å². The molecule has 13 heteroatoms. The fourth-order valence-corrected chi connectivity index (χ4v) is 2.43. The molecule has 0 bridgehead atoms. The number of benzene rings is 1. The Labute approximate surface area is 160 Å². The Hall–Kier alpha value is -3.90. The molecule has 2 heterocycles. The van der Waals surface area contributed by atoms with Gasteiger partial charge in [0.15, 0.2) is 11.4 Å². The molecule has 0 radical (unpaired) electrons. The fourth-order valence-electron chi connectivity index (χ4n) is 2.43. The van der Waals surface area contributed by atoms with Crippen molar-refractivity contribution in [3.05, 3.63) is 63.5 Å². The number of hydrogen-bond acceptors (Lipinski definition) is 7. The molecule has 0 aliphatic carbocycles. The molecule has 0 fully saturated rings. The average molecular weight is 411 g/mol. The number of halogens is 3. The van der Waals surface area contributed by atoms with E-state index in [0.717, 1.165) is 24.5 Å². The van der Waals surface area contributed by atoms with E-state index >= 15 is 0 Å². The molecular weight excluding hydrogens is 399 g/mol. The largest absolute Gasteiger partial charge is 0.432 e. The maximum Gasteiger partial charge on any atom is 0.387 e. The lowest BCUT2D eigenvalue weighted by Gasteiger charge is -2.11. The van der Waals surface area contributed by atoms with Gasteiger partial charge in [0.25, 0.3) is 5.91 Å². The van der Waals surface area contributed by atoms with Gasteiger partial charge in [-0.15, -0.1) is 0 Å². The first kappa shape index (κ1) is 19.9. The molecule has 0 aliphatic heterocycles. The number of alkyl halides is 2.